The molecule has 1 N–H and O–H groups in total. The van der Waals surface area contributed by atoms with Gasteiger partial charge in [-0.15, -0.1) is 0 Å². The zero-order valence-electron chi connectivity index (χ0n) is 11.2. The highest BCUT2D eigenvalue weighted by Crippen LogP contribution is 2.17. The van der Waals surface area contributed by atoms with Crippen molar-refractivity contribution in [2.24, 2.45) is 0 Å². The van der Waals surface area contributed by atoms with E-state index in [0.29, 0.717) is 6.54 Å². The second-order valence-corrected chi connectivity index (χ2v) is 5.13. The third kappa shape index (κ3) is 5.41. The van der Waals surface area contributed by atoms with Crippen LogP contribution in [0, 0.1) is 11.3 Å². The van der Waals surface area contributed by atoms with Crippen molar-refractivity contribution in [2.75, 3.05) is 13.6 Å². The molecule has 1 aromatic carbocycles. The highest BCUT2D eigenvalue weighted by Gasteiger charge is 2.11. The number of amides is 2. The summed E-state index contributed by atoms with van der Waals surface area (Å²) in [5.74, 6) is -0.410. The summed E-state index contributed by atoms with van der Waals surface area (Å²) in [7, 11) is 1.72. The number of nitrogens with zero attached hydrogens (tertiary/aromatic N) is 2. The lowest BCUT2D eigenvalue weighted by atomic mass is 10.2. The molecule has 0 saturated heterocycles. The lowest BCUT2D eigenvalue weighted by molar-refractivity contribution is -0.130. The molecule has 0 aliphatic carbocycles. The topological polar surface area (TPSA) is 73.2 Å². The molecule has 0 radical (unpaired) electrons. The van der Waals surface area contributed by atoms with Crippen LogP contribution in [0.15, 0.2) is 28.7 Å². The number of nitrogens with one attached hydrogen (secondary N) is 1. The van der Waals surface area contributed by atoms with Gasteiger partial charge in [0.15, 0.2) is 0 Å². The van der Waals surface area contributed by atoms with E-state index in [2.05, 4.69) is 21.2 Å². The molecule has 0 fully saturated rings. The molecule has 0 aliphatic rings. The predicted molar refractivity (Wildman–Crippen MR) is 78.5 cm³/mol. The molecule has 0 unspecified atom stereocenters. The van der Waals surface area contributed by atoms with Gasteiger partial charge in [0.2, 0.25) is 11.8 Å². The number of carbonyl (C=O) groups is 2. The zero-order chi connectivity index (χ0) is 15.0. The molecular formula is C14H16BrN3O2. The van der Waals surface area contributed by atoms with Gasteiger partial charge in [-0.05, 0) is 11.6 Å². The van der Waals surface area contributed by atoms with Gasteiger partial charge >= 0.3 is 0 Å². The van der Waals surface area contributed by atoms with Crippen molar-refractivity contribution in [1.29, 1.82) is 5.26 Å². The van der Waals surface area contributed by atoms with Crippen molar-refractivity contribution >= 4 is 27.7 Å². The maximum absolute atomic E-state index is 11.9. The van der Waals surface area contributed by atoms with E-state index in [4.69, 9.17) is 5.26 Å². The van der Waals surface area contributed by atoms with E-state index in [1.54, 1.807) is 18.0 Å². The molecule has 0 aliphatic heterocycles. The molecule has 1 aromatic rings. The van der Waals surface area contributed by atoms with Crippen molar-refractivity contribution < 1.29 is 9.59 Å². The number of nitriles is 1. The van der Waals surface area contributed by atoms with Crippen molar-refractivity contribution in [3.8, 4) is 6.07 Å². The third-order valence-corrected chi connectivity index (χ3v) is 3.47. The summed E-state index contributed by atoms with van der Waals surface area (Å²) in [6.07, 6.45) is 0.0408. The molecule has 0 heterocycles. The normalized spacial score (nSPS) is 9.65. The van der Waals surface area contributed by atoms with Crippen LogP contribution in [-0.2, 0) is 16.1 Å². The molecule has 5 nitrogen and oxygen atoms in total. The van der Waals surface area contributed by atoms with E-state index < -0.39 is 0 Å². The van der Waals surface area contributed by atoms with Gasteiger partial charge in [0.1, 0.15) is 6.42 Å². The van der Waals surface area contributed by atoms with Gasteiger partial charge in [0, 0.05) is 31.0 Å². The standard InChI is InChI=1S/C14H16BrN3O2/c1-18(10-11-4-2-3-5-12(11)15)14(20)7-9-17-13(19)6-8-16/h2-5H,6-7,9-10H2,1H3,(H,17,19). The quantitative estimate of drug-likeness (QED) is 0.860. The van der Waals surface area contributed by atoms with Crippen molar-refractivity contribution in [3.63, 3.8) is 0 Å². The fourth-order valence-corrected chi connectivity index (χ4v) is 2.01. The Morgan fingerprint density at radius 3 is 2.75 bits per heavy atom. The molecule has 1 rings (SSSR count). The lowest BCUT2D eigenvalue weighted by Crippen LogP contribution is -2.31. The van der Waals surface area contributed by atoms with Crippen LogP contribution in [0.4, 0.5) is 0 Å². The Bertz CT molecular complexity index is 525. The van der Waals surface area contributed by atoms with E-state index in [1.807, 2.05) is 24.3 Å². The molecular weight excluding hydrogens is 322 g/mol. The van der Waals surface area contributed by atoms with Crippen LogP contribution in [0.3, 0.4) is 0 Å². The monoisotopic (exact) mass is 337 g/mol. The number of carbonyl (C=O) groups excluding carboxylic acids is 2. The number of hydrogen-bond donors (Lipinski definition) is 1. The Kier molecular flexibility index (Phi) is 6.74. The summed E-state index contributed by atoms with van der Waals surface area (Å²) in [5.41, 5.74) is 1.02. The first kappa shape index (κ1) is 16.2. The predicted octanol–water partition coefficient (Wildman–Crippen LogP) is 1.83. The summed E-state index contributed by atoms with van der Waals surface area (Å²) in [5, 5.41) is 10.9. The van der Waals surface area contributed by atoms with Gasteiger partial charge in [-0.1, -0.05) is 34.1 Å². The van der Waals surface area contributed by atoms with E-state index in [0.717, 1.165) is 10.0 Å². The molecule has 0 bridgehead atoms. The van der Waals surface area contributed by atoms with Crippen molar-refractivity contribution in [1.82, 2.24) is 10.2 Å². The summed E-state index contributed by atoms with van der Waals surface area (Å²) in [6.45, 7) is 0.756. The fraction of sp³-hybridized carbons (Fsp3) is 0.357. The molecule has 0 spiro atoms. The van der Waals surface area contributed by atoms with Crippen LogP contribution >= 0.6 is 15.9 Å². The third-order valence-electron chi connectivity index (χ3n) is 2.69. The summed E-state index contributed by atoms with van der Waals surface area (Å²) in [6, 6.07) is 9.46. The summed E-state index contributed by atoms with van der Waals surface area (Å²) < 4.78 is 0.960. The minimum Gasteiger partial charge on any atom is -0.355 e. The molecule has 2 amide bonds. The van der Waals surface area contributed by atoms with Crippen LogP contribution in [0.1, 0.15) is 18.4 Å². The van der Waals surface area contributed by atoms with Crippen LogP contribution in [-0.4, -0.2) is 30.3 Å². The Hall–Kier alpha value is -1.87. The maximum Gasteiger partial charge on any atom is 0.234 e. The van der Waals surface area contributed by atoms with Crippen LogP contribution in [0.5, 0.6) is 0 Å². The minimum absolute atomic E-state index is 0.0574. The second kappa shape index (κ2) is 8.33. The number of halogens is 1. The highest BCUT2D eigenvalue weighted by molar-refractivity contribution is 9.10. The largest absolute Gasteiger partial charge is 0.355 e. The first-order valence-corrected chi connectivity index (χ1v) is 6.95. The average molecular weight is 338 g/mol. The second-order valence-electron chi connectivity index (χ2n) is 4.28. The molecule has 106 valence electrons. The average Bonchev–Trinajstić information content (AvgIpc) is 2.41. The first-order chi connectivity index (χ1) is 9.54. The Balaban J connectivity index is 2.39. The van der Waals surface area contributed by atoms with E-state index >= 15 is 0 Å². The van der Waals surface area contributed by atoms with Gasteiger partial charge < -0.3 is 10.2 Å². The Labute approximate surface area is 126 Å². The molecule has 0 saturated carbocycles. The van der Waals surface area contributed by atoms with Gasteiger partial charge in [-0.25, -0.2) is 0 Å². The van der Waals surface area contributed by atoms with Gasteiger partial charge in [-0.3, -0.25) is 9.59 Å². The van der Waals surface area contributed by atoms with Gasteiger partial charge in [-0.2, -0.15) is 5.26 Å². The highest BCUT2D eigenvalue weighted by atomic mass is 79.9. The van der Waals surface area contributed by atoms with Crippen molar-refractivity contribution in [2.45, 2.75) is 19.4 Å². The van der Waals surface area contributed by atoms with E-state index in [1.165, 1.54) is 0 Å². The van der Waals surface area contributed by atoms with Gasteiger partial charge in [0.25, 0.3) is 0 Å². The van der Waals surface area contributed by atoms with E-state index in [-0.39, 0.29) is 31.2 Å². The Morgan fingerprint density at radius 2 is 2.10 bits per heavy atom. The number of rotatable bonds is 6. The number of hydrogen-bond acceptors (Lipinski definition) is 3. The molecule has 0 atom stereocenters. The summed E-state index contributed by atoms with van der Waals surface area (Å²) in [4.78, 5) is 24.6. The summed E-state index contributed by atoms with van der Waals surface area (Å²) >= 11 is 3.44. The smallest absolute Gasteiger partial charge is 0.234 e. The lowest BCUT2D eigenvalue weighted by Gasteiger charge is -2.18. The van der Waals surface area contributed by atoms with Crippen LogP contribution < -0.4 is 5.32 Å². The molecule has 6 heteroatoms. The van der Waals surface area contributed by atoms with E-state index in [9.17, 15) is 9.59 Å². The van der Waals surface area contributed by atoms with Crippen LogP contribution in [0.25, 0.3) is 0 Å². The van der Waals surface area contributed by atoms with Gasteiger partial charge in [0.05, 0.1) is 6.07 Å². The minimum atomic E-state index is -0.353. The maximum atomic E-state index is 11.9. The van der Waals surface area contributed by atoms with Crippen molar-refractivity contribution in [3.05, 3.63) is 34.3 Å². The van der Waals surface area contributed by atoms with Crippen LogP contribution in [0.2, 0.25) is 0 Å². The molecule has 20 heavy (non-hydrogen) atoms. The Morgan fingerprint density at radius 1 is 1.40 bits per heavy atom. The zero-order valence-corrected chi connectivity index (χ0v) is 12.8. The molecule has 0 aromatic heterocycles. The fourth-order valence-electron chi connectivity index (χ4n) is 1.60. The first-order valence-electron chi connectivity index (χ1n) is 6.15. The SMILES string of the molecule is CN(Cc1ccccc1Br)C(=O)CCNC(=O)CC#N. The number of benzene rings is 1.